The lowest BCUT2D eigenvalue weighted by Gasteiger charge is -2.12. The number of thiocarbonyl (C=S) groups is 1. The molecule has 0 radical (unpaired) electrons. The van der Waals surface area contributed by atoms with Gasteiger partial charge in [0.2, 0.25) is 0 Å². The van der Waals surface area contributed by atoms with Crippen LogP contribution in [-0.4, -0.2) is 15.3 Å². The Morgan fingerprint density at radius 2 is 2.28 bits per heavy atom. The quantitative estimate of drug-likeness (QED) is 0.757. The van der Waals surface area contributed by atoms with Gasteiger partial charge in [0.25, 0.3) is 0 Å². The van der Waals surface area contributed by atoms with Gasteiger partial charge in [0.1, 0.15) is 0 Å². The molecule has 2 rings (SSSR count). The van der Waals surface area contributed by atoms with E-state index in [9.17, 15) is 0 Å². The lowest BCUT2D eigenvalue weighted by molar-refractivity contribution is 0.865. The smallest absolute Gasteiger partial charge is 0.171 e. The SMILES string of the molecule is Cc1c(Cl)cccc1NC(=S)NCc1ccn[nH]1. The number of hydrogen-bond acceptors (Lipinski definition) is 2. The highest BCUT2D eigenvalue weighted by Crippen LogP contribution is 2.22. The number of aromatic amines is 1. The second-order valence-electron chi connectivity index (χ2n) is 3.80. The van der Waals surface area contributed by atoms with E-state index < -0.39 is 0 Å². The Hall–Kier alpha value is -1.59. The molecular weight excluding hydrogens is 268 g/mol. The van der Waals surface area contributed by atoms with Gasteiger partial charge >= 0.3 is 0 Å². The van der Waals surface area contributed by atoms with Crippen LogP contribution >= 0.6 is 23.8 Å². The number of halogens is 1. The fourth-order valence-electron chi connectivity index (χ4n) is 1.47. The number of hydrogen-bond donors (Lipinski definition) is 3. The Morgan fingerprint density at radius 1 is 1.44 bits per heavy atom. The minimum atomic E-state index is 0.551. The Bertz CT molecular complexity index is 539. The Balaban J connectivity index is 1.93. The van der Waals surface area contributed by atoms with Gasteiger partial charge in [0, 0.05) is 16.9 Å². The number of H-pyrrole nitrogens is 1. The highest BCUT2D eigenvalue weighted by Gasteiger charge is 2.04. The van der Waals surface area contributed by atoms with Gasteiger partial charge in [-0.05, 0) is 42.9 Å². The third-order valence-electron chi connectivity index (χ3n) is 2.51. The van der Waals surface area contributed by atoms with Gasteiger partial charge in [0.15, 0.2) is 5.11 Å². The highest BCUT2D eigenvalue weighted by molar-refractivity contribution is 7.80. The van der Waals surface area contributed by atoms with Crippen molar-refractivity contribution in [1.82, 2.24) is 15.5 Å². The fraction of sp³-hybridized carbons (Fsp3) is 0.167. The minimum absolute atomic E-state index is 0.551. The molecule has 94 valence electrons. The minimum Gasteiger partial charge on any atom is -0.357 e. The van der Waals surface area contributed by atoms with Gasteiger partial charge in [-0.2, -0.15) is 5.10 Å². The van der Waals surface area contributed by atoms with Crippen LogP contribution in [-0.2, 0) is 6.54 Å². The molecule has 0 amide bonds. The molecule has 0 aliphatic heterocycles. The summed E-state index contributed by atoms with van der Waals surface area (Å²) in [6, 6.07) is 7.56. The van der Waals surface area contributed by atoms with E-state index in [4.69, 9.17) is 23.8 Å². The summed E-state index contributed by atoms with van der Waals surface area (Å²) in [4.78, 5) is 0. The van der Waals surface area contributed by atoms with E-state index in [0.717, 1.165) is 22.0 Å². The number of nitrogens with one attached hydrogen (secondary N) is 3. The second-order valence-corrected chi connectivity index (χ2v) is 4.62. The molecule has 1 aromatic carbocycles. The fourth-order valence-corrected chi connectivity index (χ4v) is 1.82. The average molecular weight is 281 g/mol. The third kappa shape index (κ3) is 3.21. The van der Waals surface area contributed by atoms with Crippen molar-refractivity contribution in [2.75, 3.05) is 5.32 Å². The van der Waals surface area contributed by atoms with E-state index in [1.807, 2.05) is 31.2 Å². The first-order valence-electron chi connectivity index (χ1n) is 5.45. The zero-order valence-electron chi connectivity index (χ0n) is 9.83. The first-order valence-corrected chi connectivity index (χ1v) is 6.23. The van der Waals surface area contributed by atoms with E-state index in [1.54, 1.807) is 6.20 Å². The molecule has 0 saturated heterocycles. The predicted molar refractivity (Wildman–Crippen MR) is 77.8 cm³/mol. The molecule has 6 heteroatoms. The van der Waals surface area contributed by atoms with E-state index in [2.05, 4.69) is 20.8 Å². The van der Waals surface area contributed by atoms with Crippen LogP contribution in [0.15, 0.2) is 30.5 Å². The normalized spacial score (nSPS) is 10.1. The third-order valence-corrected chi connectivity index (χ3v) is 3.17. The summed E-state index contributed by atoms with van der Waals surface area (Å²) in [5, 5.41) is 14.2. The predicted octanol–water partition coefficient (Wildman–Crippen LogP) is 2.86. The molecule has 0 aliphatic rings. The highest BCUT2D eigenvalue weighted by atomic mass is 35.5. The lowest BCUT2D eigenvalue weighted by Crippen LogP contribution is -2.28. The Kier molecular flexibility index (Phi) is 4.17. The van der Waals surface area contributed by atoms with Crippen LogP contribution in [0, 0.1) is 6.92 Å². The molecule has 0 atom stereocenters. The standard InChI is InChI=1S/C12H13ClN4S/c1-8-10(13)3-2-4-11(8)16-12(18)14-7-9-5-6-15-17-9/h2-6H,7H2,1H3,(H,15,17)(H2,14,16,18). The van der Waals surface area contributed by atoms with Crippen LogP contribution in [0.5, 0.6) is 0 Å². The van der Waals surface area contributed by atoms with Gasteiger partial charge in [-0.3, -0.25) is 5.10 Å². The summed E-state index contributed by atoms with van der Waals surface area (Å²) in [6.07, 6.45) is 1.70. The van der Waals surface area contributed by atoms with E-state index in [0.29, 0.717) is 11.7 Å². The molecule has 18 heavy (non-hydrogen) atoms. The van der Waals surface area contributed by atoms with Crippen molar-refractivity contribution in [3.8, 4) is 0 Å². The molecule has 0 bridgehead atoms. The summed E-state index contributed by atoms with van der Waals surface area (Å²) in [5.74, 6) is 0. The monoisotopic (exact) mass is 280 g/mol. The summed E-state index contributed by atoms with van der Waals surface area (Å²) >= 11 is 11.3. The molecule has 3 N–H and O–H groups in total. The Morgan fingerprint density at radius 3 is 3.00 bits per heavy atom. The lowest BCUT2D eigenvalue weighted by atomic mass is 10.2. The van der Waals surface area contributed by atoms with Crippen molar-refractivity contribution < 1.29 is 0 Å². The molecule has 0 spiro atoms. The first-order chi connectivity index (χ1) is 8.66. The van der Waals surface area contributed by atoms with Crippen LogP contribution in [0.4, 0.5) is 5.69 Å². The zero-order valence-corrected chi connectivity index (χ0v) is 11.4. The molecule has 0 unspecified atom stereocenters. The van der Waals surface area contributed by atoms with Crippen molar-refractivity contribution in [3.05, 3.63) is 46.7 Å². The molecule has 1 aromatic heterocycles. The number of rotatable bonds is 3. The van der Waals surface area contributed by atoms with Gasteiger partial charge in [0.05, 0.1) is 12.2 Å². The summed E-state index contributed by atoms with van der Waals surface area (Å²) in [5.41, 5.74) is 2.86. The molecule has 4 nitrogen and oxygen atoms in total. The molecule has 1 heterocycles. The van der Waals surface area contributed by atoms with Crippen LogP contribution in [0.3, 0.4) is 0 Å². The number of nitrogens with zero attached hydrogens (tertiary/aromatic N) is 1. The van der Waals surface area contributed by atoms with Crippen molar-refractivity contribution in [2.24, 2.45) is 0 Å². The molecule has 0 aliphatic carbocycles. The van der Waals surface area contributed by atoms with Gasteiger partial charge < -0.3 is 10.6 Å². The van der Waals surface area contributed by atoms with Gasteiger partial charge in [-0.15, -0.1) is 0 Å². The number of anilines is 1. The molecule has 2 aromatic rings. The Labute approximate surface area is 116 Å². The van der Waals surface area contributed by atoms with Crippen LogP contribution in [0.1, 0.15) is 11.3 Å². The largest absolute Gasteiger partial charge is 0.357 e. The van der Waals surface area contributed by atoms with E-state index in [-0.39, 0.29) is 0 Å². The summed E-state index contributed by atoms with van der Waals surface area (Å²) in [6.45, 7) is 2.55. The average Bonchev–Trinajstić information content (AvgIpc) is 2.86. The van der Waals surface area contributed by atoms with Gasteiger partial charge in [-0.1, -0.05) is 17.7 Å². The number of aromatic nitrogens is 2. The van der Waals surface area contributed by atoms with Crippen molar-refractivity contribution >= 4 is 34.6 Å². The molecule has 0 fully saturated rings. The van der Waals surface area contributed by atoms with Gasteiger partial charge in [-0.25, -0.2) is 0 Å². The molecule has 0 saturated carbocycles. The zero-order chi connectivity index (χ0) is 13.0. The van der Waals surface area contributed by atoms with Crippen LogP contribution < -0.4 is 10.6 Å². The maximum Gasteiger partial charge on any atom is 0.171 e. The van der Waals surface area contributed by atoms with Crippen LogP contribution in [0.2, 0.25) is 5.02 Å². The number of benzene rings is 1. The van der Waals surface area contributed by atoms with Crippen molar-refractivity contribution in [1.29, 1.82) is 0 Å². The first kappa shape index (κ1) is 12.9. The van der Waals surface area contributed by atoms with Crippen molar-refractivity contribution in [3.63, 3.8) is 0 Å². The van der Waals surface area contributed by atoms with E-state index >= 15 is 0 Å². The maximum atomic E-state index is 6.04. The summed E-state index contributed by atoms with van der Waals surface area (Å²) in [7, 11) is 0. The topological polar surface area (TPSA) is 52.7 Å². The van der Waals surface area contributed by atoms with Crippen LogP contribution in [0.25, 0.3) is 0 Å². The maximum absolute atomic E-state index is 6.04. The second kappa shape index (κ2) is 5.84. The van der Waals surface area contributed by atoms with E-state index in [1.165, 1.54) is 0 Å². The summed E-state index contributed by atoms with van der Waals surface area (Å²) < 4.78 is 0. The molecular formula is C12H13ClN4S. The van der Waals surface area contributed by atoms with Crippen molar-refractivity contribution in [2.45, 2.75) is 13.5 Å².